The van der Waals surface area contributed by atoms with Gasteiger partial charge in [0.25, 0.3) is 0 Å². The van der Waals surface area contributed by atoms with Crippen LogP contribution in [-0.4, -0.2) is 0 Å². The molecular weight excluding hydrogens is 474 g/mol. The third-order valence-corrected chi connectivity index (χ3v) is 8.42. The first kappa shape index (κ1) is 22.2. The SMILES string of the molecule is CC1(C)c2cc(N(c3ccccc3)c3cccc4c3oc3ccccc34)ccc2-c2cc3ccccc3cc21. The lowest BCUT2D eigenvalue weighted by molar-refractivity contribution is 0.661. The summed E-state index contributed by atoms with van der Waals surface area (Å²) in [6.45, 7) is 4.70. The summed E-state index contributed by atoms with van der Waals surface area (Å²) in [5.74, 6) is 0. The van der Waals surface area contributed by atoms with Gasteiger partial charge in [0.15, 0.2) is 5.58 Å². The third-order valence-electron chi connectivity index (χ3n) is 8.42. The lowest BCUT2D eigenvalue weighted by Gasteiger charge is -2.28. The average molecular weight is 502 g/mol. The van der Waals surface area contributed by atoms with Crippen molar-refractivity contribution in [1.29, 1.82) is 0 Å². The van der Waals surface area contributed by atoms with Gasteiger partial charge in [-0.25, -0.2) is 0 Å². The minimum Gasteiger partial charge on any atom is -0.454 e. The second kappa shape index (κ2) is 8.09. The molecule has 0 spiro atoms. The number of fused-ring (bicyclic) bond motifs is 7. The quantitative estimate of drug-likeness (QED) is 0.239. The lowest BCUT2D eigenvalue weighted by Crippen LogP contribution is -2.16. The summed E-state index contributed by atoms with van der Waals surface area (Å²) in [7, 11) is 0. The van der Waals surface area contributed by atoms with Crippen LogP contribution in [0.2, 0.25) is 0 Å². The van der Waals surface area contributed by atoms with Crippen molar-refractivity contribution in [1.82, 2.24) is 0 Å². The molecule has 0 amide bonds. The highest BCUT2D eigenvalue weighted by Crippen LogP contribution is 2.52. The van der Waals surface area contributed by atoms with Crippen molar-refractivity contribution < 1.29 is 4.42 Å². The molecule has 6 aromatic carbocycles. The molecule has 2 nitrogen and oxygen atoms in total. The molecule has 0 bridgehead atoms. The molecular formula is C37H27NO. The summed E-state index contributed by atoms with van der Waals surface area (Å²) in [4.78, 5) is 2.33. The minimum atomic E-state index is -0.113. The van der Waals surface area contributed by atoms with E-state index in [9.17, 15) is 0 Å². The van der Waals surface area contributed by atoms with Crippen molar-refractivity contribution in [3.8, 4) is 11.1 Å². The fourth-order valence-electron chi connectivity index (χ4n) is 6.46. The molecule has 0 aliphatic heterocycles. The Bertz CT molecular complexity index is 2050. The van der Waals surface area contributed by atoms with Crippen molar-refractivity contribution in [2.45, 2.75) is 19.3 Å². The van der Waals surface area contributed by atoms with E-state index in [1.165, 1.54) is 33.0 Å². The van der Waals surface area contributed by atoms with Gasteiger partial charge in [-0.15, -0.1) is 0 Å². The molecule has 0 fully saturated rings. The van der Waals surface area contributed by atoms with Gasteiger partial charge in [0, 0.05) is 27.6 Å². The van der Waals surface area contributed by atoms with Crippen molar-refractivity contribution in [2.24, 2.45) is 0 Å². The van der Waals surface area contributed by atoms with Crippen LogP contribution >= 0.6 is 0 Å². The molecule has 186 valence electrons. The first-order valence-corrected chi connectivity index (χ1v) is 13.5. The van der Waals surface area contributed by atoms with Crippen LogP contribution in [0, 0.1) is 0 Å². The fraction of sp³-hybridized carbons (Fsp3) is 0.0811. The monoisotopic (exact) mass is 501 g/mol. The van der Waals surface area contributed by atoms with Gasteiger partial charge in [-0.2, -0.15) is 0 Å². The minimum absolute atomic E-state index is 0.113. The summed E-state index contributed by atoms with van der Waals surface area (Å²) in [6.07, 6.45) is 0. The van der Waals surface area contributed by atoms with Crippen LogP contribution in [0.15, 0.2) is 132 Å². The average Bonchev–Trinajstić information content (AvgIpc) is 3.46. The van der Waals surface area contributed by atoms with Gasteiger partial charge in [0.05, 0.1) is 5.69 Å². The normalized spacial score (nSPS) is 13.6. The number of nitrogens with zero attached hydrogens (tertiary/aromatic N) is 1. The van der Waals surface area contributed by atoms with Crippen molar-refractivity contribution >= 4 is 49.8 Å². The van der Waals surface area contributed by atoms with Crippen LogP contribution < -0.4 is 4.90 Å². The Labute approximate surface area is 227 Å². The molecule has 0 radical (unpaired) electrons. The van der Waals surface area contributed by atoms with Crippen molar-refractivity contribution in [2.75, 3.05) is 4.90 Å². The van der Waals surface area contributed by atoms with Gasteiger partial charge >= 0.3 is 0 Å². The highest BCUT2D eigenvalue weighted by atomic mass is 16.3. The summed E-state index contributed by atoms with van der Waals surface area (Å²) in [6, 6.07) is 45.7. The number of para-hydroxylation sites is 3. The van der Waals surface area contributed by atoms with Crippen LogP contribution in [0.4, 0.5) is 17.1 Å². The molecule has 7 aromatic rings. The first-order chi connectivity index (χ1) is 19.1. The molecule has 8 rings (SSSR count). The first-order valence-electron chi connectivity index (χ1n) is 13.5. The van der Waals surface area contributed by atoms with E-state index >= 15 is 0 Å². The van der Waals surface area contributed by atoms with Gasteiger partial charge in [-0.05, 0) is 81.6 Å². The largest absolute Gasteiger partial charge is 0.454 e. The molecule has 39 heavy (non-hydrogen) atoms. The zero-order valence-corrected chi connectivity index (χ0v) is 22.0. The van der Waals surface area contributed by atoms with Gasteiger partial charge in [-0.1, -0.05) is 92.7 Å². The fourth-order valence-corrected chi connectivity index (χ4v) is 6.46. The van der Waals surface area contributed by atoms with Crippen molar-refractivity contribution in [3.63, 3.8) is 0 Å². The highest BCUT2D eigenvalue weighted by Gasteiger charge is 2.36. The van der Waals surface area contributed by atoms with Crippen LogP contribution in [0.25, 0.3) is 43.8 Å². The van der Waals surface area contributed by atoms with E-state index in [4.69, 9.17) is 4.42 Å². The Morgan fingerprint density at radius 3 is 2.08 bits per heavy atom. The van der Waals surface area contributed by atoms with Crippen LogP contribution in [0.3, 0.4) is 0 Å². The third kappa shape index (κ3) is 3.21. The second-order valence-electron chi connectivity index (χ2n) is 11.0. The maximum atomic E-state index is 6.49. The van der Waals surface area contributed by atoms with E-state index in [1.807, 2.05) is 12.1 Å². The molecule has 2 heteroatoms. The summed E-state index contributed by atoms with van der Waals surface area (Å²) in [5.41, 5.74) is 10.4. The Hall–Kier alpha value is -4.82. The molecule has 0 N–H and O–H groups in total. The molecule has 0 saturated carbocycles. The Morgan fingerprint density at radius 1 is 0.538 bits per heavy atom. The predicted molar refractivity (Wildman–Crippen MR) is 163 cm³/mol. The summed E-state index contributed by atoms with van der Waals surface area (Å²) >= 11 is 0. The maximum Gasteiger partial charge on any atom is 0.159 e. The van der Waals surface area contributed by atoms with Crippen molar-refractivity contribution in [3.05, 3.63) is 139 Å². The molecule has 0 atom stereocenters. The molecule has 1 aliphatic carbocycles. The Kier molecular flexibility index (Phi) is 4.60. The summed E-state index contributed by atoms with van der Waals surface area (Å²) < 4.78 is 6.49. The molecule has 0 unspecified atom stereocenters. The molecule has 1 heterocycles. The zero-order valence-electron chi connectivity index (χ0n) is 22.0. The van der Waals surface area contributed by atoms with Gasteiger partial charge in [0.2, 0.25) is 0 Å². The second-order valence-corrected chi connectivity index (χ2v) is 11.0. The number of anilines is 3. The van der Waals surface area contributed by atoms with E-state index in [0.29, 0.717) is 0 Å². The van der Waals surface area contributed by atoms with Crippen LogP contribution in [-0.2, 0) is 5.41 Å². The Balaban J connectivity index is 1.36. The van der Waals surface area contributed by atoms with Gasteiger partial charge < -0.3 is 9.32 Å². The van der Waals surface area contributed by atoms with Crippen LogP contribution in [0.5, 0.6) is 0 Å². The van der Waals surface area contributed by atoms with E-state index < -0.39 is 0 Å². The smallest absolute Gasteiger partial charge is 0.159 e. The van der Waals surface area contributed by atoms with E-state index in [1.54, 1.807) is 0 Å². The number of benzene rings is 6. The van der Waals surface area contributed by atoms with Gasteiger partial charge in [-0.3, -0.25) is 0 Å². The standard InChI is InChI=1S/C37H27NO/c1-37(2)32-22-25-12-7-6-11-24(25)21-31(32)28-20-19-27(23-33(28)37)38(26-13-4-3-5-14-26)34-17-10-16-30-29-15-8-9-18-35(29)39-36(30)34/h3-23H,1-2H3. The number of hydrogen-bond acceptors (Lipinski definition) is 2. The van der Waals surface area contributed by atoms with E-state index in [0.717, 1.165) is 39.0 Å². The number of furan rings is 1. The number of hydrogen-bond donors (Lipinski definition) is 0. The molecule has 0 saturated heterocycles. The maximum absolute atomic E-state index is 6.49. The van der Waals surface area contributed by atoms with Crippen LogP contribution in [0.1, 0.15) is 25.0 Å². The molecule has 1 aromatic heterocycles. The highest BCUT2D eigenvalue weighted by molar-refractivity contribution is 6.10. The topological polar surface area (TPSA) is 16.4 Å². The van der Waals surface area contributed by atoms with E-state index in [2.05, 4.69) is 134 Å². The Morgan fingerprint density at radius 2 is 1.23 bits per heavy atom. The lowest BCUT2D eigenvalue weighted by atomic mass is 9.81. The summed E-state index contributed by atoms with van der Waals surface area (Å²) in [5, 5.41) is 4.84. The van der Waals surface area contributed by atoms with Gasteiger partial charge in [0.1, 0.15) is 5.58 Å². The zero-order chi connectivity index (χ0) is 26.1. The predicted octanol–water partition coefficient (Wildman–Crippen LogP) is 10.5. The molecule has 1 aliphatic rings. The van der Waals surface area contributed by atoms with E-state index in [-0.39, 0.29) is 5.41 Å². The number of rotatable bonds is 3.